The summed E-state index contributed by atoms with van der Waals surface area (Å²) in [7, 11) is 0. The Hall–Kier alpha value is -7.16. The molecule has 1 heterocycles. The van der Waals surface area contributed by atoms with E-state index in [9.17, 15) is 0 Å². The Labute approximate surface area is 492 Å². The lowest BCUT2D eigenvalue weighted by atomic mass is 9.78. The van der Waals surface area contributed by atoms with Crippen molar-refractivity contribution < 1.29 is 0 Å². The Morgan fingerprint density at radius 3 is 1.06 bits per heavy atom. The van der Waals surface area contributed by atoms with Gasteiger partial charge in [0.15, 0.2) is 0 Å². The van der Waals surface area contributed by atoms with Crippen molar-refractivity contribution in [3.05, 3.63) is 203 Å². The summed E-state index contributed by atoms with van der Waals surface area (Å²) in [5.74, 6) is 0. The summed E-state index contributed by atoms with van der Waals surface area (Å²) in [6.07, 6.45) is 0. The predicted molar refractivity (Wildman–Crippen MR) is 361 cm³/mol. The Bertz CT molecular complexity index is 4140. The number of benzene rings is 10. The third-order valence-corrected chi connectivity index (χ3v) is 17.8. The van der Waals surface area contributed by atoms with Gasteiger partial charge in [-0.05, 0) is 181 Å². The summed E-state index contributed by atoms with van der Waals surface area (Å²) in [6, 6.07) is 64.8. The molecule has 0 fully saturated rings. The molecule has 2 nitrogen and oxygen atoms in total. The average molecular weight is 1080 g/mol. The zero-order valence-electron chi connectivity index (χ0n) is 53.5. The largest absolute Gasteiger partial charge is 0.310 e. The highest BCUT2D eigenvalue weighted by Crippen LogP contribution is 2.49. The highest BCUT2D eigenvalue weighted by atomic mass is 15.1. The number of anilines is 3. The minimum Gasteiger partial charge on any atom is -0.310 e. The van der Waals surface area contributed by atoms with Gasteiger partial charge in [0, 0.05) is 32.9 Å². The van der Waals surface area contributed by atoms with E-state index in [4.69, 9.17) is 0 Å². The Morgan fingerprint density at radius 1 is 0.256 bits per heavy atom. The van der Waals surface area contributed by atoms with Crippen molar-refractivity contribution in [3.8, 4) is 27.9 Å². The van der Waals surface area contributed by atoms with Crippen LogP contribution < -0.4 is 4.90 Å². The lowest BCUT2D eigenvalue weighted by Gasteiger charge is -2.31. The minimum absolute atomic E-state index is 0.00806. The van der Waals surface area contributed by atoms with Gasteiger partial charge in [0.1, 0.15) is 0 Å². The first-order valence-corrected chi connectivity index (χ1v) is 30.2. The summed E-state index contributed by atoms with van der Waals surface area (Å²) >= 11 is 0. The molecular weight excluding hydrogens is 989 g/mol. The quantitative estimate of drug-likeness (QED) is 0.151. The van der Waals surface area contributed by atoms with Crippen LogP contribution in [-0.2, 0) is 37.9 Å². The van der Waals surface area contributed by atoms with Crippen LogP contribution in [-0.4, -0.2) is 4.57 Å². The molecule has 0 aliphatic rings. The Morgan fingerprint density at radius 2 is 0.622 bits per heavy atom. The topological polar surface area (TPSA) is 8.17 Å². The molecule has 0 amide bonds. The van der Waals surface area contributed by atoms with Gasteiger partial charge < -0.3 is 9.47 Å². The molecule has 420 valence electrons. The fraction of sp³-hybridized carbons (Fsp3) is 0.350. The summed E-state index contributed by atoms with van der Waals surface area (Å²) in [6.45, 7) is 49.0. The first-order valence-electron chi connectivity index (χ1n) is 30.2. The first-order chi connectivity index (χ1) is 38.0. The summed E-state index contributed by atoms with van der Waals surface area (Å²) < 4.78 is 2.55. The van der Waals surface area contributed by atoms with Crippen LogP contribution in [0.4, 0.5) is 17.1 Å². The summed E-state index contributed by atoms with van der Waals surface area (Å²) in [5.41, 5.74) is 21.3. The van der Waals surface area contributed by atoms with Crippen LogP contribution in [0.1, 0.15) is 184 Å². The highest BCUT2D eigenvalue weighted by Gasteiger charge is 2.28. The molecule has 1 aromatic heterocycles. The number of fused-ring (bicyclic) bond motifs is 3. The van der Waals surface area contributed by atoms with E-state index in [2.05, 4.69) is 319 Å². The molecule has 82 heavy (non-hydrogen) atoms. The first kappa shape index (κ1) is 56.7. The normalized spacial score (nSPS) is 13.4. The predicted octanol–water partition coefficient (Wildman–Crippen LogP) is 23.6. The van der Waals surface area contributed by atoms with Gasteiger partial charge in [-0.1, -0.05) is 249 Å². The third kappa shape index (κ3) is 10.3. The molecule has 0 radical (unpaired) electrons. The van der Waals surface area contributed by atoms with E-state index in [1.165, 1.54) is 121 Å². The minimum atomic E-state index is -0.133. The van der Waals surface area contributed by atoms with Crippen LogP contribution in [0.3, 0.4) is 0 Å². The van der Waals surface area contributed by atoms with Crippen molar-refractivity contribution >= 4 is 71.2 Å². The molecule has 11 rings (SSSR count). The van der Waals surface area contributed by atoms with E-state index in [-0.39, 0.29) is 37.9 Å². The molecule has 0 aliphatic carbocycles. The zero-order valence-corrected chi connectivity index (χ0v) is 53.5. The summed E-state index contributed by atoms with van der Waals surface area (Å²) in [4.78, 5) is 2.56. The Kier molecular flexibility index (Phi) is 13.3. The molecule has 0 N–H and O–H groups in total. The lowest BCUT2D eigenvalue weighted by Crippen LogP contribution is -2.17. The number of rotatable bonds is 6. The van der Waals surface area contributed by atoms with Gasteiger partial charge in [-0.3, -0.25) is 0 Å². The van der Waals surface area contributed by atoms with Crippen molar-refractivity contribution in [2.45, 2.75) is 183 Å². The monoisotopic (exact) mass is 1080 g/mol. The van der Waals surface area contributed by atoms with E-state index in [0.717, 1.165) is 17.1 Å². The summed E-state index contributed by atoms with van der Waals surface area (Å²) in [5, 5.41) is 10.1. The smallest absolute Gasteiger partial charge is 0.0541 e. The molecule has 2 heteroatoms. The second kappa shape index (κ2) is 19.2. The number of hydrogen-bond donors (Lipinski definition) is 0. The molecular formula is C80H90N2. The maximum Gasteiger partial charge on any atom is 0.0541 e. The van der Waals surface area contributed by atoms with Crippen LogP contribution in [0.2, 0.25) is 0 Å². The van der Waals surface area contributed by atoms with Crippen molar-refractivity contribution in [1.29, 1.82) is 0 Å². The number of aromatic nitrogens is 1. The lowest BCUT2D eigenvalue weighted by molar-refractivity contribution is 0.568. The van der Waals surface area contributed by atoms with Crippen molar-refractivity contribution in [2.24, 2.45) is 0 Å². The van der Waals surface area contributed by atoms with Gasteiger partial charge in [-0.25, -0.2) is 0 Å². The molecule has 0 spiro atoms. The fourth-order valence-electron chi connectivity index (χ4n) is 12.3. The molecule has 0 unspecified atom stereocenters. The van der Waals surface area contributed by atoms with Crippen molar-refractivity contribution in [1.82, 2.24) is 4.57 Å². The maximum atomic E-state index is 2.56. The molecule has 0 saturated heterocycles. The van der Waals surface area contributed by atoms with Crippen LogP contribution in [0.25, 0.3) is 82.1 Å². The van der Waals surface area contributed by atoms with E-state index in [1.807, 2.05) is 0 Å². The van der Waals surface area contributed by atoms with Gasteiger partial charge in [0.25, 0.3) is 0 Å². The SMILES string of the molecule is CC(C)(C)c1cc(-c2cc(C(C)(C)C)cc(C(C)(C)C)c2)cc(N(c2ccc(-c3cc(C(C)(C)C)cc(C(C)(C)C)c3)cc2)c2ccc3ccc4c(-n5c6ccc(C(C)(C)C)cc6c6cc(C(C)(C)C)ccc65)ccc5ccc2c3c54)c1. The third-order valence-electron chi connectivity index (χ3n) is 17.8. The Balaban J connectivity index is 1.18. The van der Waals surface area contributed by atoms with E-state index >= 15 is 0 Å². The van der Waals surface area contributed by atoms with Crippen molar-refractivity contribution in [2.75, 3.05) is 4.90 Å². The molecule has 10 aromatic carbocycles. The zero-order chi connectivity index (χ0) is 59.2. The van der Waals surface area contributed by atoms with E-state index < -0.39 is 0 Å². The average Bonchev–Trinajstić information content (AvgIpc) is 1.72. The number of nitrogens with zero attached hydrogens (tertiary/aromatic N) is 2. The van der Waals surface area contributed by atoms with Crippen LogP contribution in [0, 0.1) is 0 Å². The van der Waals surface area contributed by atoms with Crippen LogP contribution in [0.5, 0.6) is 0 Å². The van der Waals surface area contributed by atoms with Crippen LogP contribution >= 0.6 is 0 Å². The highest BCUT2D eigenvalue weighted by molar-refractivity contribution is 6.27. The van der Waals surface area contributed by atoms with E-state index in [0.29, 0.717) is 0 Å². The number of hydrogen-bond acceptors (Lipinski definition) is 1. The fourth-order valence-corrected chi connectivity index (χ4v) is 12.3. The second-order valence-electron chi connectivity index (χ2n) is 31.4. The van der Waals surface area contributed by atoms with E-state index in [1.54, 1.807) is 0 Å². The van der Waals surface area contributed by atoms with Crippen molar-refractivity contribution in [3.63, 3.8) is 0 Å². The van der Waals surface area contributed by atoms with Crippen LogP contribution in [0.15, 0.2) is 164 Å². The molecule has 0 bridgehead atoms. The molecule has 0 atom stereocenters. The molecule has 11 aromatic rings. The maximum absolute atomic E-state index is 2.56. The van der Waals surface area contributed by atoms with Gasteiger partial charge in [-0.15, -0.1) is 0 Å². The molecule has 0 saturated carbocycles. The van der Waals surface area contributed by atoms with Gasteiger partial charge >= 0.3 is 0 Å². The van der Waals surface area contributed by atoms with Gasteiger partial charge in [-0.2, -0.15) is 0 Å². The van der Waals surface area contributed by atoms with Gasteiger partial charge in [0.05, 0.1) is 22.4 Å². The second-order valence-corrected chi connectivity index (χ2v) is 31.4. The molecule has 0 aliphatic heterocycles. The van der Waals surface area contributed by atoms with Gasteiger partial charge in [0.2, 0.25) is 0 Å². The standard InChI is InChI=1S/C80H90N2/c1-74(2,3)55-28-36-70-66(47-55)67-48-56(75(4,5)6)29-37-71(67)82(70)69-35-27-51-24-32-64-68(34-26-50-25-33-65(69)73(51)72(50)64)81(62-30-22-49(23-31-62)52-38-57(76(7,8)9)44-58(39-52)77(10,11)12)63-43-54(42-61(46-63)80(19,20)21)53-40-59(78(13,14)15)45-60(41-53)79(16,17)18/h22-48H,1-21H3.